The van der Waals surface area contributed by atoms with Gasteiger partial charge in [-0.2, -0.15) is 5.26 Å². The van der Waals surface area contributed by atoms with Crippen molar-refractivity contribution in [1.29, 1.82) is 5.26 Å². The fourth-order valence-corrected chi connectivity index (χ4v) is 2.97. The third-order valence-corrected chi connectivity index (χ3v) is 4.43. The Balaban J connectivity index is 1.40. The van der Waals surface area contributed by atoms with Gasteiger partial charge in [0.15, 0.2) is 6.61 Å². The number of ether oxygens (including phenoxy) is 1. The van der Waals surface area contributed by atoms with E-state index < -0.39 is 11.7 Å². The van der Waals surface area contributed by atoms with E-state index in [0.717, 1.165) is 16.6 Å². The summed E-state index contributed by atoms with van der Waals surface area (Å²) in [5.74, 6) is 0.166. The number of hydrogen-bond acceptors (Lipinski definition) is 4. The smallest absolute Gasteiger partial charge is 0.262 e. The molecule has 152 valence electrons. The molecule has 6 nitrogen and oxygen atoms in total. The minimum atomic E-state index is -0.429. The number of amides is 1. The molecule has 0 fully saturated rings. The van der Waals surface area contributed by atoms with Crippen molar-refractivity contribution in [2.75, 3.05) is 11.9 Å². The number of fused-ring (bicyclic) bond motifs is 1. The number of benzene rings is 3. The number of nitrogens with one attached hydrogen (secondary N) is 2. The molecule has 1 heterocycles. The van der Waals surface area contributed by atoms with Crippen molar-refractivity contribution < 1.29 is 13.9 Å². The van der Waals surface area contributed by atoms with Crippen LogP contribution in [-0.2, 0) is 4.79 Å². The first-order valence-electron chi connectivity index (χ1n) is 9.46. The first-order valence-corrected chi connectivity index (χ1v) is 9.46. The van der Waals surface area contributed by atoms with E-state index in [0.29, 0.717) is 22.8 Å². The van der Waals surface area contributed by atoms with E-state index in [-0.39, 0.29) is 6.61 Å². The Kier molecular flexibility index (Phi) is 5.72. The van der Waals surface area contributed by atoms with E-state index >= 15 is 0 Å². The normalized spacial score (nSPS) is 11.2. The molecular formula is C24H17FN4O2. The quantitative estimate of drug-likeness (QED) is 0.446. The average molecular weight is 412 g/mol. The molecular weight excluding hydrogens is 395 g/mol. The van der Waals surface area contributed by atoms with Crippen LogP contribution in [0.5, 0.6) is 5.75 Å². The third kappa shape index (κ3) is 4.95. The summed E-state index contributed by atoms with van der Waals surface area (Å²) in [6.07, 6.45) is 1.72. The van der Waals surface area contributed by atoms with Crippen molar-refractivity contribution in [3.63, 3.8) is 0 Å². The molecule has 0 aliphatic carbocycles. The van der Waals surface area contributed by atoms with Gasteiger partial charge in [-0.05, 0) is 54.1 Å². The molecule has 0 bridgehead atoms. The number of carbonyl (C=O) groups is 1. The second kappa shape index (κ2) is 8.93. The summed E-state index contributed by atoms with van der Waals surface area (Å²) in [5.41, 5.74) is 3.20. The Labute approximate surface area is 177 Å². The Hall–Kier alpha value is -4.44. The largest absolute Gasteiger partial charge is 0.484 e. The number of para-hydroxylation sites is 2. The maximum Gasteiger partial charge on any atom is 0.262 e. The summed E-state index contributed by atoms with van der Waals surface area (Å²) < 4.78 is 18.6. The fourth-order valence-electron chi connectivity index (χ4n) is 2.97. The van der Waals surface area contributed by atoms with Crippen molar-refractivity contribution >= 4 is 34.3 Å². The van der Waals surface area contributed by atoms with Crippen LogP contribution in [0.25, 0.3) is 22.7 Å². The molecule has 2 N–H and O–H groups in total. The van der Waals surface area contributed by atoms with E-state index in [1.165, 1.54) is 18.2 Å². The summed E-state index contributed by atoms with van der Waals surface area (Å²) >= 11 is 0. The predicted octanol–water partition coefficient (Wildman–Crippen LogP) is 4.78. The topological polar surface area (TPSA) is 90.8 Å². The van der Waals surface area contributed by atoms with Crippen LogP contribution in [0, 0.1) is 17.1 Å². The summed E-state index contributed by atoms with van der Waals surface area (Å²) in [6, 6.07) is 22.3. The van der Waals surface area contributed by atoms with Gasteiger partial charge in [0, 0.05) is 5.69 Å². The molecule has 4 rings (SSSR count). The number of allylic oxidation sites excluding steroid dienone is 1. The van der Waals surface area contributed by atoms with E-state index in [1.54, 1.807) is 36.4 Å². The molecule has 4 aromatic rings. The van der Waals surface area contributed by atoms with Crippen molar-refractivity contribution in [3.8, 4) is 11.8 Å². The maximum atomic E-state index is 13.2. The zero-order chi connectivity index (χ0) is 21.6. The Bertz CT molecular complexity index is 1270. The van der Waals surface area contributed by atoms with Gasteiger partial charge in [0.1, 0.15) is 23.5 Å². The molecule has 0 saturated carbocycles. The Morgan fingerprint density at radius 2 is 1.94 bits per heavy atom. The molecule has 0 aliphatic rings. The van der Waals surface area contributed by atoms with Crippen LogP contribution >= 0.6 is 0 Å². The number of rotatable bonds is 6. The monoisotopic (exact) mass is 412 g/mol. The summed E-state index contributed by atoms with van der Waals surface area (Å²) in [7, 11) is 0. The molecule has 0 spiro atoms. The van der Waals surface area contributed by atoms with Crippen LogP contribution in [-0.4, -0.2) is 22.5 Å². The lowest BCUT2D eigenvalue weighted by Crippen LogP contribution is -2.20. The molecule has 0 saturated heterocycles. The fraction of sp³-hybridized carbons (Fsp3) is 0.0417. The lowest BCUT2D eigenvalue weighted by molar-refractivity contribution is -0.118. The zero-order valence-electron chi connectivity index (χ0n) is 16.3. The number of aromatic amines is 1. The second-order valence-electron chi connectivity index (χ2n) is 6.69. The van der Waals surface area contributed by atoms with Gasteiger partial charge in [0.2, 0.25) is 0 Å². The highest BCUT2D eigenvalue weighted by Crippen LogP contribution is 2.20. The lowest BCUT2D eigenvalue weighted by Gasteiger charge is -2.08. The zero-order valence-corrected chi connectivity index (χ0v) is 16.3. The molecule has 0 unspecified atom stereocenters. The molecule has 31 heavy (non-hydrogen) atoms. The number of aromatic nitrogens is 2. The highest BCUT2D eigenvalue weighted by atomic mass is 19.1. The minimum Gasteiger partial charge on any atom is -0.484 e. The van der Waals surface area contributed by atoms with Crippen molar-refractivity contribution in [2.24, 2.45) is 0 Å². The molecule has 0 aliphatic heterocycles. The highest BCUT2D eigenvalue weighted by molar-refractivity contribution is 5.92. The van der Waals surface area contributed by atoms with Crippen LogP contribution < -0.4 is 10.1 Å². The Morgan fingerprint density at radius 1 is 1.13 bits per heavy atom. The van der Waals surface area contributed by atoms with E-state index in [9.17, 15) is 14.4 Å². The molecule has 1 amide bonds. The van der Waals surface area contributed by atoms with Gasteiger partial charge in [0.05, 0.1) is 16.6 Å². The lowest BCUT2D eigenvalue weighted by atomic mass is 10.1. The van der Waals surface area contributed by atoms with E-state index in [4.69, 9.17) is 4.74 Å². The van der Waals surface area contributed by atoms with Crippen LogP contribution in [0.2, 0.25) is 0 Å². The minimum absolute atomic E-state index is 0.214. The van der Waals surface area contributed by atoms with E-state index in [1.807, 2.05) is 24.3 Å². The summed E-state index contributed by atoms with van der Waals surface area (Å²) in [5, 5.41) is 12.1. The Morgan fingerprint density at radius 3 is 2.68 bits per heavy atom. The number of anilines is 1. The van der Waals surface area contributed by atoms with Crippen LogP contribution in [0.1, 0.15) is 11.4 Å². The van der Waals surface area contributed by atoms with Crippen LogP contribution in [0.4, 0.5) is 10.1 Å². The average Bonchev–Trinajstić information content (AvgIpc) is 3.21. The highest BCUT2D eigenvalue weighted by Gasteiger charge is 2.08. The SMILES string of the molecule is N#C/C(=C\c1ccc(OCC(=O)Nc2cccc(F)c2)cc1)c1nc2ccccc2[nH]1. The van der Waals surface area contributed by atoms with Gasteiger partial charge in [0.25, 0.3) is 5.91 Å². The van der Waals surface area contributed by atoms with Gasteiger partial charge in [-0.25, -0.2) is 9.37 Å². The molecule has 7 heteroatoms. The first-order chi connectivity index (χ1) is 15.1. The molecule has 3 aromatic carbocycles. The van der Waals surface area contributed by atoms with Crippen molar-refractivity contribution in [2.45, 2.75) is 0 Å². The number of nitrogens with zero attached hydrogens (tertiary/aromatic N) is 2. The number of hydrogen-bond donors (Lipinski definition) is 2. The van der Waals surface area contributed by atoms with Crippen LogP contribution in [0.3, 0.4) is 0 Å². The molecule has 1 aromatic heterocycles. The van der Waals surface area contributed by atoms with Gasteiger partial charge in [-0.1, -0.05) is 30.3 Å². The first kappa shape index (κ1) is 19.9. The third-order valence-electron chi connectivity index (χ3n) is 4.43. The molecule has 0 atom stereocenters. The number of H-pyrrole nitrogens is 1. The number of nitriles is 1. The van der Waals surface area contributed by atoms with Crippen LogP contribution in [0.15, 0.2) is 72.8 Å². The van der Waals surface area contributed by atoms with E-state index in [2.05, 4.69) is 21.4 Å². The van der Waals surface area contributed by atoms with Gasteiger partial charge in [-0.3, -0.25) is 4.79 Å². The predicted molar refractivity (Wildman–Crippen MR) is 117 cm³/mol. The number of imidazole rings is 1. The van der Waals surface area contributed by atoms with Gasteiger partial charge < -0.3 is 15.0 Å². The van der Waals surface area contributed by atoms with Gasteiger partial charge in [-0.15, -0.1) is 0 Å². The number of halogens is 1. The molecule has 0 radical (unpaired) electrons. The standard InChI is InChI=1S/C24H17FN4O2/c25-18-4-3-5-19(13-18)27-23(30)15-31-20-10-8-16(9-11-20)12-17(14-26)24-28-21-6-1-2-7-22(21)29-24/h1-13H,15H2,(H,27,30)(H,28,29)/b17-12+. The maximum absolute atomic E-state index is 13.2. The summed E-state index contributed by atoms with van der Waals surface area (Å²) in [4.78, 5) is 19.6. The summed E-state index contributed by atoms with van der Waals surface area (Å²) in [6.45, 7) is -0.214. The van der Waals surface area contributed by atoms with Crippen molar-refractivity contribution in [3.05, 3.63) is 90.0 Å². The van der Waals surface area contributed by atoms with Crippen molar-refractivity contribution in [1.82, 2.24) is 9.97 Å². The van der Waals surface area contributed by atoms with Gasteiger partial charge >= 0.3 is 0 Å². The second-order valence-corrected chi connectivity index (χ2v) is 6.69. The number of carbonyl (C=O) groups excluding carboxylic acids is 1.